The molecule has 0 aliphatic rings. The highest BCUT2D eigenvalue weighted by Crippen LogP contribution is 2.20. The van der Waals surface area contributed by atoms with E-state index in [-0.39, 0.29) is 11.6 Å². The standard InChI is InChI=1S/C12H12BrFN2O/c1-16-7-10(6-15-16)8-17-12-3-2-9(5-13)4-11(12)14/h2-4,6-7H,5,8H2,1H3. The first kappa shape index (κ1) is 12.1. The molecule has 0 aliphatic heterocycles. The quantitative estimate of drug-likeness (QED) is 0.811. The van der Waals surface area contributed by atoms with E-state index in [4.69, 9.17) is 4.74 Å². The Bertz CT molecular complexity index is 513. The van der Waals surface area contributed by atoms with Crippen LogP contribution in [-0.2, 0) is 19.0 Å². The minimum atomic E-state index is -0.342. The molecule has 2 rings (SSSR count). The van der Waals surface area contributed by atoms with Gasteiger partial charge in [-0.15, -0.1) is 0 Å². The highest BCUT2D eigenvalue weighted by Gasteiger charge is 2.05. The van der Waals surface area contributed by atoms with E-state index in [1.54, 1.807) is 16.9 Å². The maximum Gasteiger partial charge on any atom is 0.165 e. The summed E-state index contributed by atoms with van der Waals surface area (Å²) in [5.41, 5.74) is 1.80. The van der Waals surface area contributed by atoms with Crippen molar-refractivity contribution in [2.45, 2.75) is 11.9 Å². The van der Waals surface area contributed by atoms with Gasteiger partial charge < -0.3 is 4.74 Å². The minimum Gasteiger partial charge on any atom is -0.486 e. The maximum absolute atomic E-state index is 13.6. The van der Waals surface area contributed by atoms with Crippen LogP contribution >= 0.6 is 15.9 Å². The molecule has 0 radical (unpaired) electrons. The van der Waals surface area contributed by atoms with E-state index >= 15 is 0 Å². The molecule has 0 bridgehead atoms. The summed E-state index contributed by atoms with van der Waals surface area (Å²) in [5, 5.41) is 4.65. The molecule has 5 heteroatoms. The van der Waals surface area contributed by atoms with Gasteiger partial charge in [-0.25, -0.2) is 4.39 Å². The Kier molecular flexibility index (Phi) is 3.78. The zero-order valence-corrected chi connectivity index (χ0v) is 10.9. The van der Waals surface area contributed by atoms with E-state index in [1.807, 2.05) is 19.3 Å². The van der Waals surface area contributed by atoms with Crippen molar-refractivity contribution in [3.8, 4) is 5.75 Å². The zero-order valence-electron chi connectivity index (χ0n) is 9.36. The summed E-state index contributed by atoms with van der Waals surface area (Å²) < 4.78 is 20.7. The number of benzene rings is 1. The number of aryl methyl sites for hydroxylation is 1. The summed E-state index contributed by atoms with van der Waals surface area (Å²) in [6.45, 7) is 0.318. The van der Waals surface area contributed by atoms with Crippen molar-refractivity contribution in [2.75, 3.05) is 0 Å². The summed E-state index contributed by atoms with van der Waals surface area (Å²) in [6, 6.07) is 4.94. The number of hydrogen-bond donors (Lipinski definition) is 0. The molecule has 0 unspecified atom stereocenters. The van der Waals surface area contributed by atoms with Crippen LogP contribution in [0.5, 0.6) is 5.75 Å². The third-order valence-corrected chi connectivity index (χ3v) is 2.95. The Morgan fingerprint density at radius 2 is 2.24 bits per heavy atom. The molecule has 0 spiro atoms. The predicted octanol–water partition coefficient (Wildman–Crippen LogP) is 3.03. The second-order valence-corrected chi connectivity index (χ2v) is 4.27. The van der Waals surface area contributed by atoms with Crippen molar-refractivity contribution in [3.63, 3.8) is 0 Å². The summed E-state index contributed by atoms with van der Waals surface area (Å²) in [5.74, 6) is -0.0793. The average Bonchev–Trinajstić information content (AvgIpc) is 2.73. The molecule has 2 aromatic rings. The van der Waals surface area contributed by atoms with Crippen molar-refractivity contribution in [1.82, 2.24) is 9.78 Å². The minimum absolute atomic E-state index is 0.263. The summed E-state index contributed by atoms with van der Waals surface area (Å²) in [7, 11) is 1.83. The zero-order chi connectivity index (χ0) is 12.3. The van der Waals surface area contributed by atoms with Crippen molar-refractivity contribution < 1.29 is 9.13 Å². The summed E-state index contributed by atoms with van der Waals surface area (Å²) >= 11 is 3.28. The number of hydrogen-bond acceptors (Lipinski definition) is 2. The number of nitrogens with zero attached hydrogens (tertiary/aromatic N) is 2. The number of aromatic nitrogens is 2. The van der Waals surface area contributed by atoms with Crippen LogP contribution in [0.3, 0.4) is 0 Å². The van der Waals surface area contributed by atoms with Gasteiger partial charge in [-0.05, 0) is 17.7 Å². The number of ether oxygens (including phenoxy) is 1. The fourth-order valence-electron chi connectivity index (χ4n) is 1.45. The van der Waals surface area contributed by atoms with Crippen LogP contribution < -0.4 is 4.74 Å². The molecule has 0 N–H and O–H groups in total. The lowest BCUT2D eigenvalue weighted by Crippen LogP contribution is -1.97. The molecular formula is C12H12BrFN2O. The molecule has 0 fully saturated rings. The molecule has 0 atom stereocenters. The average molecular weight is 299 g/mol. The van der Waals surface area contributed by atoms with E-state index in [0.29, 0.717) is 11.9 Å². The normalized spacial score (nSPS) is 10.5. The van der Waals surface area contributed by atoms with Gasteiger partial charge in [-0.2, -0.15) is 5.10 Å². The van der Waals surface area contributed by atoms with Gasteiger partial charge in [-0.3, -0.25) is 4.68 Å². The Hall–Kier alpha value is -1.36. The molecule has 1 aromatic heterocycles. The Balaban J connectivity index is 2.04. The van der Waals surface area contributed by atoms with Crippen LogP contribution in [-0.4, -0.2) is 9.78 Å². The first-order valence-corrected chi connectivity index (χ1v) is 6.26. The summed E-state index contributed by atoms with van der Waals surface area (Å²) in [6.07, 6.45) is 3.54. The van der Waals surface area contributed by atoms with Crippen LogP contribution in [0.15, 0.2) is 30.6 Å². The van der Waals surface area contributed by atoms with Gasteiger partial charge in [0, 0.05) is 24.1 Å². The van der Waals surface area contributed by atoms with Gasteiger partial charge in [0.05, 0.1) is 6.20 Å². The molecule has 0 amide bonds. The monoisotopic (exact) mass is 298 g/mol. The highest BCUT2D eigenvalue weighted by molar-refractivity contribution is 9.08. The van der Waals surface area contributed by atoms with E-state index in [2.05, 4.69) is 21.0 Å². The Morgan fingerprint density at radius 1 is 1.41 bits per heavy atom. The SMILES string of the molecule is Cn1cc(COc2ccc(CBr)cc2F)cn1. The molecule has 17 heavy (non-hydrogen) atoms. The van der Waals surface area contributed by atoms with Crippen LogP contribution in [0.1, 0.15) is 11.1 Å². The summed E-state index contributed by atoms with van der Waals surface area (Å²) in [4.78, 5) is 0. The van der Waals surface area contributed by atoms with Gasteiger partial charge in [0.25, 0.3) is 0 Å². The Morgan fingerprint density at radius 3 is 2.82 bits per heavy atom. The molecule has 1 heterocycles. The van der Waals surface area contributed by atoms with Crippen molar-refractivity contribution >= 4 is 15.9 Å². The Labute approximate surface area is 107 Å². The van der Waals surface area contributed by atoms with E-state index < -0.39 is 0 Å². The molecule has 0 saturated carbocycles. The van der Waals surface area contributed by atoms with Crippen LogP contribution in [0.25, 0.3) is 0 Å². The van der Waals surface area contributed by atoms with Gasteiger partial charge >= 0.3 is 0 Å². The van der Waals surface area contributed by atoms with Crippen LogP contribution in [0.4, 0.5) is 4.39 Å². The van der Waals surface area contributed by atoms with Crippen LogP contribution in [0, 0.1) is 5.82 Å². The number of halogens is 2. The van der Waals surface area contributed by atoms with Crippen molar-refractivity contribution in [3.05, 3.63) is 47.5 Å². The molecular weight excluding hydrogens is 287 g/mol. The van der Waals surface area contributed by atoms with Crippen LogP contribution in [0.2, 0.25) is 0 Å². The van der Waals surface area contributed by atoms with Crippen molar-refractivity contribution in [2.24, 2.45) is 7.05 Å². The predicted molar refractivity (Wildman–Crippen MR) is 66.6 cm³/mol. The third kappa shape index (κ3) is 3.06. The molecule has 0 aliphatic carbocycles. The fourth-order valence-corrected chi connectivity index (χ4v) is 1.80. The van der Waals surface area contributed by atoms with E-state index in [1.165, 1.54) is 6.07 Å². The molecule has 0 saturated heterocycles. The third-order valence-electron chi connectivity index (χ3n) is 2.30. The van der Waals surface area contributed by atoms with Gasteiger partial charge in [-0.1, -0.05) is 22.0 Å². The largest absolute Gasteiger partial charge is 0.486 e. The lowest BCUT2D eigenvalue weighted by Gasteiger charge is -2.06. The smallest absolute Gasteiger partial charge is 0.165 e. The highest BCUT2D eigenvalue weighted by atomic mass is 79.9. The van der Waals surface area contributed by atoms with Gasteiger partial charge in [0.15, 0.2) is 11.6 Å². The number of alkyl halides is 1. The molecule has 3 nitrogen and oxygen atoms in total. The second kappa shape index (κ2) is 5.31. The first-order chi connectivity index (χ1) is 8.19. The van der Waals surface area contributed by atoms with E-state index in [0.717, 1.165) is 11.1 Å². The first-order valence-electron chi connectivity index (χ1n) is 5.14. The lowest BCUT2D eigenvalue weighted by molar-refractivity contribution is 0.290. The van der Waals surface area contributed by atoms with Gasteiger partial charge in [0.2, 0.25) is 0 Å². The lowest BCUT2D eigenvalue weighted by atomic mass is 10.2. The topological polar surface area (TPSA) is 27.1 Å². The maximum atomic E-state index is 13.6. The fraction of sp³-hybridized carbons (Fsp3) is 0.250. The van der Waals surface area contributed by atoms with E-state index in [9.17, 15) is 4.39 Å². The molecule has 90 valence electrons. The number of rotatable bonds is 4. The van der Waals surface area contributed by atoms with Crippen molar-refractivity contribution in [1.29, 1.82) is 0 Å². The van der Waals surface area contributed by atoms with Gasteiger partial charge in [0.1, 0.15) is 6.61 Å². The second-order valence-electron chi connectivity index (χ2n) is 3.71. The molecule has 1 aromatic carbocycles.